The summed E-state index contributed by atoms with van der Waals surface area (Å²) in [6.45, 7) is 5.63. The molecule has 0 unspecified atom stereocenters. The summed E-state index contributed by atoms with van der Waals surface area (Å²) in [4.78, 5) is 20.6. The zero-order valence-corrected chi connectivity index (χ0v) is 23.4. The highest BCUT2D eigenvalue weighted by Gasteiger charge is 2.27. The van der Waals surface area contributed by atoms with Gasteiger partial charge >= 0.3 is 6.09 Å². The summed E-state index contributed by atoms with van der Waals surface area (Å²) in [6, 6.07) is 6.61. The number of ether oxygens (including phenoxy) is 1. The van der Waals surface area contributed by atoms with E-state index in [0.29, 0.717) is 25.9 Å². The second-order valence-corrected chi connectivity index (χ2v) is 13.1. The van der Waals surface area contributed by atoms with Gasteiger partial charge in [0.1, 0.15) is 17.3 Å². The third kappa shape index (κ3) is 7.03. The molecule has 0 saturated carbocycles. The van der Waals surface area contributed by atoms with Crippen molar-refractivity contribution in [1.29, 1.82) is 5.41 Å². The largest absolute Gasteiger partial charge is 0.444 e. The maximum absolute atomic E-state index is 13.4. The number of nitrogens with zero attached hydrogens (tertiary/aromatic N) is 2. The minimum Gasteiger partial charge on any atom is -0.444 e. The predicted octanol–water partition coefficient (Wildman–Crippen LogP) is 5.32. The number of alkyl carbamates (subject to hydrolysis) is 1. The molecule has 9 nitrogen and oxygen atoms in total. The topological polar surface area (TPSA) is 134 Å². The van der Waals surface area contributed by atoms with Crippen molar-refractivity contribution in [3.63, 3.8) is 0 Å². The molecule has 13 heteroatoms. The van der Waals surface area contributed by atoms with E-state index in [0.717, 1.165) is 16.9 Å². The van der Waals surface area contributed by atoms with E-state index in [4.69, 9.17) is 10.1 Å². The Balaban J connectivity index is 1.82. The standard InChI is InChI=1S/C22H24BrN5O4S3/c1-22(2,3)32-21(29)28-18(24)16-10-17(20(33-4)34-16)35(30,31)14-9-15(23)19(27-12-14)26-11-13-5-7-25-8-6-13/h5-10,12H,11H2,1-4H3,(H,26,27)(H2,24,28,29). The van der Waals surface area contributed by atoms with Crippen LogP contribution < -0.4 is 10.6 Å². The number of pyridine rings is 2. The van der Waals surface area contributed by atoms with Crippen molar-refractivity contribution in [2.75, 3.05) is 11.6 Å². The molecule has 0 aliphatic rings. The molecule has 0 aliphatic carbocycles. The summed E-state index contributed by atoms with van der Waals surface area (Å²) >= 11 is 5.75. The minimum atomic E-state index is -3.94. The third-order valence-corrected chi connectivity index (χ3v) is 9.24. The number of anilines is 1. The van der Waals surface area contributed by atoms with Crippen molar-refractivity contribution in [1.82, 2.24) is 15.3 Å². The van der Waals surface area contributed by atoms with Gasteiger partial charge in [-0.1, -0.05) is 0 Å². The van der Waals surface area contributed by atoms with Gasteiger partial charge < -0.3 is 10.1 Å². The fourth-order valence-corrected chi connectivity index (χ4v) is 7.30. The van der Waals surface area contributed by atoms with E-state index in [1.165, 1.54) is 30.1 Å². The number of amidine groups is 1. The van der Waals surface area contributed by atoms with Crippen LogP contribution in [0.15, 0.2) is 61.3 Å². The van der Waals surface area contributed by atoms with E-state index < -0.39 is 21.5 Å². The van der Waals surface area contributed by atoms with Crippen molar-refractivity contribution in [2.24, 2.45) is 0 Å². The second-order valence-electron chi connectivity index (χ2n) is 8.18. The maximum atomic E-state index is 13.4. The first-order valence-electron chi connectivity index (χ1n) is 10.2. The fourth-order valence-electron chi connectivity index (χ4n) is 2.79. The van der Waals surface area contributed by atoms with Crippen molar-refractivity contribution in [2.45, 2.75) is 46.9 Å². The van der Waals surface area contributed by atoms with Crippen molar-refractivity contribution in [3.05, 3.63) is 57.8 Å². The molecule has 0 aliphatic heterocycles. The zero-order valence-electron chi connectivity index (χ0n) is 19.4. The summed E-state index contributed by atoms with van der Waals surface area (Å²) in [6.07, 6.45) is 5.64. The van der Waals surface area contributed by atoms with Gasteiger partial charge in [-0.25, -0.2) is 18.2 Å². The first-order valence-corrected chi connectivity index (χ1v) is 14.5. The van der Waals surface area contributed by atoms with Gasteiger partial charge in [0.05, 0.1) is 23.4 Å². The molecule has 0 aromatic carbocycles. The highest BCUT2D eigenvalue weighted by molar-refractivity contribution is 9.10. The van der Waals surface area contributed by atoms with Crippen molar-refractivity contribution >= 4 is 66.6 Å². The number of nitrogens with one attached hydrogen (secondary N) is 3. The number of carbonyl (C=O) groups is 1. The Morgan fingerprint density at radius 2 is 1.94 bits per heavy atom. The molecule has 186 valence electrons. The number of rotatable bonds is 7. The van der Waals surface area contributed by atoms with Crippen molar-refractivity contribution in [3.8, 4) is 0 Å². The van der Waals surface area contributed by atoms with Gasteiger partial charge in [-0.15, -0.1) is 23.1 Å². The number of hydrogen-bond acceptors (Lipinski definition) is 10. The number of aromatic nitrogens is 2. The Bertz CT molecular complexity index is 1340. The van der Waals surface area contributed by atoms with Gasteiger partial charge in [-0.3, -0.25) is 15.7 Å². The smallest absolute Gasteiger partial charge is 0.413 e. The van der Waals surface area contributed by atoms with Gasteiger partial charge in [0.15, 0.2) is 0 Å². The summed E-state index contributed by atoms with van der Waals surface area (Å²) < 4.78 is 33.0. The fraction of sp³-hybridized carbons (Fsp3) is 0.273. The maximum Gasteiger partial charge on any atom is 0.413 e. The van der Waals surface area contributed by atoms with Crippen LogP contribution in [0.1, 0.15) is 31.2 Å². The molecule has 0 bridgehead atoms. The first-order chi connectivity index (χ1) is 16.4. The van der Waals surface area contributed by atoms with Crippen LogP contribution in [-0.4, -0.2) is 42.2 Å². The molecule has 3 aromatic heterocycles. The highest BCUT2D eigenvalue weighted by atomic mass is 79.9. The molecular weight excluding hydrogens is 574 g/mol. The lowest BCUT2D eigenvalue weighted by Crippen LogP contribution is -2.36. The van der Waals surface area contributed by atoms with Crippen LogP contribution >= 0.6 is 39.0 Å². The second kappa shape index (κ2) is 11.1. The molecule has 3 rings (SSSR count). The van der Waals surface area contributed by atoms with Crippen molar-refractivity contribution < 1.29 is 17.9 Å². The Morgan fingerprint density at radius 1 is 1.26 bits per heavy atom. The quantitative estimate of drug-likeness (QED) is 0.189. The molecule has 35 heavy (non-hydrogen) atoms. The molecular formula is C22H24BrN5O4S3. The van der Waals surface area contributed by atoms with E-state index >= 15 is 0 Å². The molecule has 0 atom stereocenters. The summed E-state index contributed by atoms with van der Waals surface area (Å²) in [5.74, 6) is 0.260. The van der Waals surface area contributed by atoms with Gasteiger partial charge in [0.25, 0.3) is 0 Å². The number of thioether (sulfide) groups is 1. The third-order valence-electron chi connectivity index (χ3n) is 4.35. The van der Waals surface area contributed by atoms with Gasteiger partial charge in [-0.2, -0.15) is 0 Å². The van der Waals surface area contributed by atoms with Crippen LogP contribution in [0.2, 0.25) is 0 Å². The van der Waals surface area contributed by atoms with E-state index in [2.05, 4.69) is 36.5 Å². The number of sulfone groups is 1. The molecule has 0 saturated heterocycles. The number of halogens is 1. The summed E-state index contributed by atoms with van der Waals surface area (Å²) in [7, 11) is -3.94. The molecule has 0 fully saturated rings. The van der Waals surface area contributed by atoms with Gasteiger partial charge in [0, 0.05) is 25.1 Å². The predicted molar refractivity (Wildman–Crippen MR) is 141 cm³/mol. The van der Waals surface area contributed by atoms with E-state index in [-0.39, 0.29) is 15.6 Å². The van der Waals surface area contributed by atoms with E-state index in [1.54, 1.807) is 39.4 Å². The lowest BCUT2D eigenvalue weighted by atomic mass is 10.2. The molecule has 3 heterocycles. The Morgan fingerprint density at radius 3 is 2.54 bits per heavy atom. The lowest BCUT2D eigenvalue weighted by molar-refractivity contribution is 0.0563. The molecule has 0 spiro atoms. The molecule has 3 N–H and O–H groups in total. The number of hydrogen-bond donors (Lipinski definition) is 3. The van der Waals surface area contributed by atoms with Crippen LogP contribution in [0.25, 0.3) is 0 Å². The van der Waals surface area contributed by atoms with E-state index in [1.807, 2.05) is 12.1 Å². The molecule has 1 amide bonds. The average molecular weight is 599 g/mol. The minimum absolute atomic E-state index is 0.00474. The number of carbonyl (C=O) groups excluding carboxylic acids is 1. The monoisotopic (exact) mass is 597 g/mol. The normalized spacial score (nSPS) is 11.7. The molecule has 3 aromatic rings. The number of amides is 1. The lowest BCUT2D eigenvalue weighted by Gasteiger charge is -2.19. The Hall–Kier alpha value is -2.48. The Labute approximate surface area is 220 Å². The van der Waals surface area contributed by atoms with Crippen LogP contribution in [0.4, 0.5) is 10.6 Å². The number of thiophene rings is 1. The van der Waals surface area contributed by atoms with E-state index in [9.17, 15) is 13.2 Å². The van der Waals surface area contributed by atoms with Gasteiger partial charge in [0.2, 0.25) is 9.84 Å². The van der Waals surface area contributed by atoms with Crippen LogP contribution in [0, 0.1) is 5.41 Å². The van der Waals surface area contributed by atoms with Crippen LogP contribution in [-0.2, 0) is 21.1 Å². The average Bonchev–Trinajstić information content (AvgIpc) is 3.23. The van der Waals surface area contributed by atoms with Gasteiger partial charge in [-0.05, 0) is 72.8 Å². The first kappa shape index (κ1) is 27.1. The summed E-state index contributed by atoms with van der Waals surface area (Å²) in [5.41, 5.74) is 0.279. The van der Waals surface area contributed by atoms with Crippen LogP contribution in [0.3, 0.4) is 0 Å². The highest BCUT2D eigenvalue weighted by Crippen LogP contribution is 2.38. The molecule has 0 radical (unpaired) electrons. The summed E-state index contributed by atoms with van der Waals surface area (Å²) in [5, 5.41) is 13.7. The zero-order chi connectivity index (χ0) is 25.8. The Kier molecular flexibility index (Phi) is 8.57. The SMILES string of the molecule is CSc1sc(C(=N)NC(=O)OC(C)(C)C)cc1S(=O)(=O)c1cnc(NCc2ccncc2)c(Br)c1. The van der Waals surface area contributed by atoms with Crippen LogP contribution in [0.5, 0.6) is 0 Å².